The first-order valence-corrected chi connectivity index (χ1v) is 9.43. The zero-order valence-electron chi connectivity index (χ0n) is 15.4. The van der Waals surface area contributed by atoms with Crippen LogP contribution in [0.15, 0.2) is 24.3 Å². The van der Waals surface area contributed by atoms with E-state index in [-0.39, 0.29) is 11.8 Å². The van der Waals surface area contributed by atoms with E-state index in [1.165, 1.54) is 37.3 Å². The Kier molecular flexibility index (Phi) is 5.32. The molecule has 4 nitrogen and oxygen atoms in total. The summed E-state index contributed by atoms with van der Waals surface area (Å²) < 4.78 is 0. The Bertz CT molecular complexity index is 539. The van der Waals surface area contributed by atoms with E-state index in [1.807, 2.05) is 18.7 Å². The average molecular weight is 329 g/mol. The predicted octanol–water partition coefficient (Wildman–Crippen LogP) is 3.23. The minimum atomic E-state index is 0.100. The molecule has 1 amide bonds. The van der Waals surface area contributed by atoms with Gasteiger partial charge in [0.1, 0.15) is 0 Å². The van der Waals surface area contributed by atoms with Crippen molar-refractivity contribution in [2.75, 3.05) is 49.1 Å². The Labute approximate surface area is 146 Å². The quantitative estimate of drug-likeness (QED) is 0.852. The molecule has 2 saturated heterocycles. The maximum Gasteiger partial charge on any atom is 0.225 e. The molecule has 0 atom stereocenters. The van der Waals surface area contributed by atoms with Crippen molar-refractivity contribution in [3.05, 3.63) is 24.3 Å². The number of nitrogens with zero attached hydrogens (tertiary/aromatic N) is 3. The summed E-state index contributed by atoms with van der Waals surface area (Å²) >= 11 is 0. The highest BCUT2D eigenvalue weighted by Gasteiger charge is 2.23. The number of amides is 1. The normalized spacial score (nSPS) is 19.9. The summed E-state index contributed by atoms with van der Waals surface area (Å²) in [6, 6.07) is 9.01. The number of carbonyl (C=O) groups excluding carboxylic acids is 1. The number of piperazine rings is 1. The fourth-order valence-electron chi connectivity index (χ4n) is 3.69. The fourth-order valence-corrected chi connectivity index (χ4v) is 3.69. The SMILES string of the molecule is CC1CCN(c2ccc(N3CCN(C(=O)C(C)C)CC3)cc2)CC1. The van der Waals surface area contributed by atoms with Crippen LogP contribution in [-0.2, 0) is 4.79 Å². The van der Waals surface area contributed by atoms with E-state index >= 15 is 0 Å². The van der Waals surface area contributed by atoms with Gasteiger partial charge in [-0.15, -0.1) is 0 Å². The molecule has 2 aliphatic heterocycles. The molecule has 1 aromatic rings. The number of hydrogen-bond acceptors (Lipinski definition) is 3. The zero-order valence-corrected chi connectivity index (χ0v) is 15.4. The Hall–Kier alpha value is -1.71. The molecule has 0 N–H and O–H groups in total. The van der Waals surface area contributed by atoms with Crippen molar-refractivity contribution in [1.29, 1.82) is 0 Å². The molecule has 3 rings (SSSR count). The second-order valence-corrected chi connectivity index (χ2v) is 7.65. The lowest BCUT2D eigenvalue weighted by Crippen LogP contribution is -2.49. The molecule has 0 bridgehead atoms. The van der Waals surface area contributed by atoms with E-state index in [0.29, 0.717) is 0 Å². The largest absolute Gasteiger partial charge is 0.372 e. The molecular formula is C20H31N3O. The standard InChI is InChI=1S/C20H31N3O/c1-16(2)20(24)23-14-12-22(13-15-23)19-6-4-18(5-7-19)21-10-8-17(3)9-11-21/h4-7,16-17H,8-15H2,1-3H3. The highest BCUT2D eigenvalue weighted by atomic mass is 16.2. The highest BCUT2D eigenvalue weighted by Crippen LogP contribution is 2.26. The third-order valence-electron chi connectivity index (χ3n) is 5.45. The number of piperidine rings is 1. The predicted molar refractivity (Wildman–Crippen MR) is 101 cm³/mol. The number of rotatable bonds is 3. The molecule has 132 valence electrons. The van der Waals surface area contributed by atoms with Crippen molar-refractivity contribution in [3.8, 4) is 0 Å². The summed E-state index contributed by atoms with van der Waals surface area (Å²) in [5, 5.41) is 0. The van der Waals surface area contributed by atoms with Crippen LogP contribution in [0.25, 0.3) is 0 Å². The molecule has 0 saturated carbocycles. The Morgan fingerprint density at radius 2 is 1.33 bits per heavy atom. The molecule has 2 fully saturated rings. The third kappa shape index (κ3) is 3.85. The molecule has 1 aromatic carbocycles. The van der Waals surface area contributed by atoms with Crippen molar-refractivity contribution < 1.29 is 4.79 Å². The summed E-state index contributed by atoms with van der Waals surface area (Å²) in [6.45, 7) is 12.2. The minimum absolute atomic E-state index is 0.100. The lowest BCUT2D eigenvalue weighted by atomic mass is 9.99. The summed E-state index contributed by atoms with van der Waals surface area (Å²) in [6.07, 6.45) is 2.60. The second kappa shape index (κ2) is 7.45. The lowest BCUT2D eigenvalue weighted by molar-refractivity contribution is -0.134. The van der Waals surface area contributed by atoms with Gasteiger partial charge in [0.05, 0.1) is 0 Å². The van der Waals surface area contributed by atoms with Crippen LogP contribution in [0.1, 0.15) is 33.6 Å². The highest BCUT2D eigenvalue weighted by molar-refractivity contribution is 5.78. The molecule has 0 unspecified atom stereocenters. The number of carbonyl (C=O) groups is 1. The monoisotopic (exact) mass is 329 g/mol. The number of benzene rings is 1. The Morgan fingerprint density at radius 3 is 1.79 bits per heavy atom. The minimum Gasteiger partial charge on any atom is -0.372 e. The molecule has 0 spiro atoms. The van der Waals surface area contributed by atoms with Gasteiger partial charge in [0.2, 0.25) is 5.91 Å². The van der Waals surface area contributed by atoms with Gasteiger partial charge in [-0.25, -0.2) is 0 Å². The Morgan fingerprint density at radius 1 is 0.875 bits per heavy atom. The summed E-state index contributed by atoms with van der Waals surface area (Å²) in [7, 11) is 0. The van der Waals surface area contributed by atoms with Crippen LogP contribution in [-0.4, -0.2) is 50.1 Å². The van der Waals surface area contributed by atoms with Gasteiger partial charge < -0.3 is 14.7 Å². The van der Waals surface area contributed by atoms with Gasteiger partial charge in [0.25, 0.3) is 0 Å². The molecule has 4 heteroatoms. The zero-order chi connectivity index (χ0) is 17.1. The first kappa shape index (κ1) is 17.1. The van der Waals surface area contributed by atoms with Crippen LogP contribution < -0.4 is 9.80 Å². The van der Waals surface area contributed by atoms with Gasteiger partial charge in [-0.1, -0.05) is 20.8 Å². The second-order valence-electron chi connectivity index (χ2n) is 7.65. The Balaban J connectivity index is 1.56. The van der Waals surface area contributed by atoms with E-state index in [9.17, 15) is 4.79 Å². The first-order valence-electron chi connectivity index (χ1n) is 9.43. The summed E-state index contributed by atoms with van der Waals surface area (Å²) in [4.78, 5) is 19.0. The smallest absolute Gasteiger partial charge is 0.225 e. The molecule has 2 aliphatic rings. The van der Waals surface area contributed by atoms with Crippen molar-refractivity contribution in [2.45, 2.75) is 33.6 Å². The van der Waals surface area contributed by atoms with E-state index in [0.717, 1.165) is 32.1 Å². The topological polar surface area (TPSA) is 26.8 Å². The van der Waals surface area contributed by atoms with Gasteiger partial charge in [-0.05, 0) is 43.0 Å². The summed E-state index contributed by atoms with van der Waals surface area (Å²) in [5.74, 6) is 1.25. The molecular weight excluding hydrogens is 298 g/mol. The van der Waals surface area contributed by atoms with Gasteiger partial charge >= 0.3 is 0 Å². The van der Waals surface area contributed by atoms with E-state index in [4.69, 9.17) is 0 Å². The fraction of sp³-hybridized carbons (Fsp3) is 0.650. The van der Waals surface area contributed by atoms with Crippen molar-refractivity contribution in [2.24, 2.45) is 11.8 Å². The lowest BCUT2D eigenvalue weighted by Gasteiger charge is -2.37. The van der Waals surface area contributed by atoms with E-state index < -0.39 is 0 Å². The molecule has 2 heterocycles. The van der Waals surface area contributed by atoms with Crippen LogP contribution in [0, 0.1) is 11.8 Å². The van der Waals surface area contributed by atoms with E-state index in [1.54, 1.807) is 0 Å². The molecule has 0 radical (unpaired) electrons. The number of anilines is 2. The van der Waals surface area contributed by atoms with Crippen LogP contribution in [0.4, 0.5) is 11.4 Å². The van der Waals surface area contributed by atoms with Gasteiger partial charge in [-0.2, -0.15) is 0 Å². The molecule has 0 aliphatic carbocycles. The van der Waals surface area contributed by atoms with Crippen molar-refractivity contribution >= 4 is 17.3 Å². The average Bonchev–Trinajstić information content (AvgIpc) is 2.62. The van der Waals surface area contributed by atoms with Crippen molar-refractivity contribution in [1.82, 2.24) is 4.90 Å². The van der Waals surface area contributed by atoms with Crippen LogP contribution in [0.5, 0.6) is 0 Å². The van der Waals surface area contributed by atoms with Gasteiger partial charge in [0, 0.05) is 56.6 Å². The van der Waals surface area contributed by atoms with E-state index in [2.05, 4.69) is 41.0 Å². The molecule has 0 aromatic heterocycles. The van der Waals surface area contributed by atoms with Crippen LogP contribution in [0.2, 0.25) is 0 Å². The van der Waals surface area contributed by atoms with Crippen LogP contribution in [0.3, 0.4) is 0 Å². The first-order chi connectivity index (χ1) is 11.5. The van der Waals surface area contributed by atoms with Crippen LogP contribution >= 0.6 is 0 Å². The van der Waals surface area contributed by atoms with Gasteiger partial charge in [-0.3, -0.25) is 4.79 Å². The van der Waals surface area contributed by atoms with Crippen molar-refractivity contribution in [3.63, 3.8) is 0 Å². The maximum atomic E-state index is 12.1. The maximum absolute atomic E-state index is 12.1. The summed E-state index contributed by atoms with van der Waals surface area (Å²) in [5.41, 5.74) is 2.63. The number of hydrogen-bond donors (Lipinski definition) is 0. The molecule has 24 heavy (non-hydrogen) atoms. The van der Waals surface area contributed by atoms with Gasteiger partial charge in [0.15, 0.2) is 0 Å². The third-order valence-corrected chi connectivity index (χ3v) is 5.45.